The van der Waals surface area contributed by atoms with Gasteiger partial charge in [0.15, 0.2) is 0 Å². The fraction of sp³-hybridized carbons (Fsp3) is 0. The van der Waals surface area contributed by atoms with Gasteiger partial charge in [0.2, 0.25) is 0 Å². The van der Waals surface area contributed by atoms with Crippen LogP contribution >= 0.6 is 0 Å². The Morgan fingerprint density at radius 3 is 1.91 bits per heavy atom. The van der Waals surface area contributed by atoms with Crippen molar-refractivity contribution >= 4 is 51.0 Å². The molecule has 0 radical (unpaired) electrons. The van der Waals surface area contributed by atoms with E-state index in [-0.39, 0.29) is 0 Å². The lowest BCUT2D eigenvalue weighted by atomic mass is 10.0. The Bertz CT molecular complexity index is 2350. The van der Waals surface area contributed by atoms with Crippen molar-refractivity contribution < 1.29 is 0 Å². The van der Waals surface area contributed by atoms with E-state index in [9.17, 15) is 0 Å². The van der Waals surface area contributed by atoms with E-state index in [1.165, 1.54) is 16.3 Å². The molecule has 3 nitrogen and oxygen atoms in total. The number of nitrogens with zero attached hydrogens (tertiary/aromatic N) is 3. The smallest absolute Gasteiger partial charge is 0.138 e. The maximum atomic E-state index is 5.41. The van der Waals surface area contributed by atoms with Crippen molar-refractivity contribution in [1.29, 1.82) is 0 Å². The number of anilines is 3. The van der Waals surface area contributed by atoms with Crippen molar-refractivity contribution in [2.45, 2.75) is 0 Å². The molecule has 3 heteroatoms. The lowest BCUT2D eigenvalue weighted by Crippen LogP contribution is -2.13. The molecule has 0 fully saturated rings. The predicted octanol–water partition coefficient (Wildman–Crippen LogP) is 11.5. The van der Waals surface area contributed by atoms with E-state index in [1.54, 1.807) is 0 Å². The molecule has 0 aliphatic carbocycles. The molecule has 46 heavy (non-hydrogen) atoms. The minimum absolute atomic E-state index is 0.884. The molecule has 1 aliphatic heterocycles. The molecule has 0 spiro atoms. The van der Waals surface area contributed by atoms with Gasteiger partial charge in [0.25, 0.3) is 0 Å². The summed E-state index contributed by atoms with van der Waals surface area (Å²) >= 11 is 0. The third kappa shape index (κ3) is 4.25. The first-order valence-electron chi connectivity index (χ1n) is 15.7. The topological polar surface area (TPSA) is 21.1 Å². The molecular formula is C43H29N3. The van der Waals surface area contributed by atoms with Crippen LogP contribution in [0.3, 0.4) is 0 Å². The average molecular weight is 588 g/mol. The molecule has 0 N–H and O–H groups in total. The van der Waals surface area contributed by atoms with Crippen molar-refractivity contribution in [1.82, 2.24) is 9.55 Å². The van der Waals surface area contributed by atoms with Gasteiger partial charge in [-0.25, -0.2) is 4.98 Å². The van der Waals surface area contributed by atoms with Gasteiger partial charge in [-0.1, -0.05) is 140 Å². The summed E-state index contributed by atoms with van der Waals surface area (Å²) in [5, 5.41) is 2.39. The molecule has 0 saturated carbocycles. The van der Waals surface area contributed by atoms with Crippen molar-refractivity contribution in [2.75, 3.05) is 4.90 Å². The van der Waals surface area contributed by atoms with Crippen LogP contribution in [0.5, 0.6) is 0 Å². The maximum Gasteiger partial charge on any atom is 0.138 e. The van der Waals surface area contributed by atoms with E-state index in [0.717, 1.165) is 61.9 Å². The highest BCUT2D eigenvalue weighted by Crippen LogP contribution is 2.48. The second-order valence-electron chi connectivity index (χ2n) is 11.6. The van der Waals surface area contributed by atoms with Gasteiger partial charge in [0.05, 0.1) is 28.1 Å². The minimum Gasteiger partial charge on any atom is -0.307 e. The molecule has 216 valence electrons. The third-order valence-corrected chi connectivity index (χ3v) is 8.92. The van der Waals surface area contributed by atoms with E-state index in [0.29, 0.717) is 0 Å². The number of hydrogen-bond donors (Lipinski definition) is 0. The van der Waals surface area contributed by atoms with Gasteiger partial charge in [-0.3, -0.25) is 4.57 Å². The van der Waals surface area contributed by atoms with Crippen molar-refractivity contribution in [3.63, 3.8) is 0 Å². The highest BCUT2D eigenvalue weighted by Gasteiger charge is 2.26. The number of rotatable bonds is 4. The van der Waals surface area contributed by atoms with Crippen LogP contribution in [0.4, 0.5) is 17.1 Å². The molecule has 2 aromatic heterocycles. The predicted molar refractivity (Wildman–Crippen MR) is 193 cm³/mol. The van der Waals surface area contributed by atoms with Crippen LogP contribution in [0.25, 0.3) is 62.2 Å². The summed E-state index contributed by atoms with van der Waals surface area (Å²) in [6.45, 7) is 0. The normalized spacial score (nSPS) is 12.2. The Labute approximate surface area is 268 Å². The van der Waals surface area contributed by atoms with E-state index in [4.69, 9.17) is 4.98 Å². The standard InChI is InChI=1S/C43H29N3/c1-4-14-30(15-5-1)34-28-38(31-16-6-2-7-17-31)44-41(29-34)46-40-23-13-11-21-36(40)37-27-26-33-25-24-32-18-10-12-22-39(32)45(42(33)43(37)46)35-19-8-3-9-20-35/h1-29H. The van der Waals surface area contributed by atoms with Crippen LogP contribution < -0.4 is 4.90 Å². The molecular weight excluding hydrogens is 558 g/mol. The third-order valence-electron chi connectivity index (χ3n) is 8.92. The first-order valence-corrected chi connectivity index (χ1v) is 15.7. The quantitative estimate of drug-likeness (QED) is 0.204. The fourth-order valence-corrected chi connectivity index (χ4v) is 6.83. The molecule has 0 amide bonds. The average Bonchev–Trinajstić information content (AvgIpc) is 3.37. The van der Waals surface area contributed by atoms with Crippen LogP contribution in [-0.4, -0.2) is 9.55 Å². The van der Waals surface area contributed by atoms with Crippen LogP contribution in [0.15, 0.2) is 164 Å². The molecule has 6 aromatic carbocycles. The lowest BCUT2D eigenvalue weighted by molar-refractivity contribution is 1.08. The molecule has 9 rings (SSSR count). The molecule has 0 unspecified atom stereocenters. The van der Waals surface area contributed by atoms with Crippen LogP contribution in [-0.2, 0) is 0 Å². The first kappa shape index (κ1) is 26.2. The molecule has 3 heterocycles. The molecule has 0 atom stereocenters. The first-order chi connectivity index (χ1) is 22.8. The summed E-state index contributed by atoms with van der Waals surface area (Å²) in [7, 11) is 0. The van der Waals surface area contributed by atoms with Crippen LogP contribution in [0.2, 0.25) is 0 Å². The van der Waals surface area contributed by atoms with Gasteiger partial charge in [0, 0.05) is 27.6 Å². The second-order valence-corrected chi connectivity index (χ2v) is 11.6. The summed E-state index contributed by atoms with van der Waals surface area (Å²) in [6, 6.07) is 58.1. The second kappa shape index (κ2) is 10.8. The van der Waals surface area contributed by atoms with Gasteiger partial charge >= 0.3 is 0 Å². The molecule has 0 bridgehead atoms. The van der Waals surface area contributed by atoms with E-state index in [1.807, 2.05) is 0 Å². The monoisotopic (exact) mass is 587 g/mol. The summed E-state index contributed by atoms with van der Waals surface area (Å²) in [4.78, 5) is 7.83. The van der Waals surface area contributed by atoms with Gasteiger partial charge < -0.3 is 4.90 Å². The highest BCUT2D eigenvalue weighted by atomic mass is 15.2. The largest absolute Gasteiger partial charge is 0.307 e. The van der Waals surface area contributed by atoms with Crippen molar-refractivity contribution in [3.05, 3.63) is 175 Å². The van der Waals surface area contributed by atoms with Gasteiger partial charge in [-0.15, -0.1) is 0 Å². The molecule has 1 aliphatic rings. The number of aromatic nitrogens is 2. The van der Waals surface area contributed by atoms with Crippen molar-refractivity contribution in [3.8, 4) is 28.2 Å². The Morgan fingerprint density at radius 1 is 0.457 bits per heavy atom. The lowest BCUT2D eigenvalue weighted by Gasteiger charge is -2.28. The Morgan fingerprint density at radius 2 is 1.11 bits per heavy atom. The Kier molecular flexibility index (Phi) is 6.14. The summed E-state index contributed by atoms with van der Waals surface area (Å²) in [5.41, 5.74) is 12.3. The Hall–Kier alpha value is -6.19. The fourth-order valence-electron chi connectivity index (χ4n) is 6.83. The van der Waals surface area contributed by atoms with Gasteiger partial charge in [0.1, 0.15) is 5.82 Å². The zero-order valence-electron chi connectivity index (χ0n) is 25.1. The van der Waals surface area contributed by atoms with Crippen LogP contribution in [0, 0.1) is 0 Å². The maximum absolute atomic E-state index is 5.41. The van der Waals surface area contributed by atoms with E-state index < -0.39 is 0 Å². The number of pyridine rings is 1. The van der Waals surface area contributed by atoms with E-state index in [2.05, 4.69) is 185 Å². The number of benzene rings is 6. The number of hydrogen-bond acceptors (Lipinski definition) is 2. The number of para-hydroxylation sites is 3. The minimum atomic E-state index is 0.884. The zero-order chi connectivity index (χ0) is 30.5. The van der Waals surface area contributed by atoms with E-state index >= 15 is 0 Å². The highest BCUT2D eigenvalue weighted by molar-refractivity contribution is 6.16. The molecule has 0 saturated heterocycles. The SMILES string of the molecule is C1=Cc2ccc3c4ccccc4n(-c4cc(-c5ccccc5)cc(-c5ccccc5)n4)c3c2N(c2ccccc2)c2ccccc21. The van der Waals surface area contributed by atoms with Gasteiger partial charge in [-0.05, 0) is 53.1 Å². The molecule has 8 aromatic rings. The summed E-state index contributed by atoms with van der Waals surface area (Å²) < 4.78 is 2.38. The van der Waals surface area contributed by atoms with Crippen LogP contribution in [0.1, 0.15) is 11.1 Å². The summed E-state index contributed by atoms with van der Waals surface area (Å²) in [6.07, 6.45) is 4.49. The zero-order valence-corrected chi connectivity index (χ0v) is 25.1. The van der Waals surface area contributed by atoms with Crippen molar-refractivity contribution in [2.24, 2.45) is 0 Å². The summed E-state index contributed by atoms with van der Waals surface area (Å²) in [5.74, 6) is 0.884. The van der Waals surface area contributed by atoms with Gasteiger partial charge in [-0.2, -0.15) is 0 Å². The Balaban J connectivity index is 1.43. The number of fused-ring (bicyclic) bond motifs is 6.